The average Bonchev–Trinajstić information content (AvgIpc) is 2.78. The first kappa shape index (κ1) is 9.73. The van der Waals surface area contributed by atoms with Crippen molar-refractivity contribution in [3.8, 4) is 17.0 Å². The molecule has 0 spiro atoms. The lowest BCUT2D eigenvalue weighted by Gasteiger charge is -2.00. The quantitative estimate of drug-likeness (QED) is 0.830. The molecule has 0 radical (unpaired) electrons. The number of hydrogen-bond donors (Lipinski definition) is 1. The lowest BCUT2D eigenvalue weighted by molar-refractivity contribution is 0.229. The summed E-state index contributed by atoms with van der Waals surface area (Å²) in [5, 5.41) is 12.7. The van der Waals surface area contributed by atoms with Gasteiger partial charge in [-0.2, -0.15) is 0 Å². The maximum absolute atomic E-state index is 8.84. The fourth-order valence-corrected chi connectivity index (χ4v) is 1.31. The Kier molecular flexibility index (Phi) is 2.69. The van der Waals surface area contributed by atoms with Gasteiger partial charge in [-0.25, -0.2) is 0 Å². The number of benzene rings is 1. The van der Waals surface area contributed by atoms with Crippen LogP contribution in [0.3, 0.4) is 0 Å². The van der Waals surface area contributed by atoms with Gasteiger partial charge in [-0.05, 0) is 12.1 Å². The Bertz CT molecular complexity index is 451. The fraction of sp³-hybridized carbons (Fsp3) is 0.182. The second-order valence-corrected chi connectivity index (χ2v) is 3.07. The van der Waals surface area contributed by atoms with Gasteiger partial charge in [0.15, 0.2) is 5.76 Å². The van der Waals surface area contributed by atoms with E-state index >= 15 is 0 Å². The first-order valence-electron chi connectivity index (χ1n) is 4.54. The van der Waals surface area contributed by atoms with Crippen molar-refractivity contribution in [3.05, 3.63) is 36.1 Å². The highest BCUT2D eigenvalue weighted by atomic mass is 16.5. The second kappa shape index (κ2) is 4.14. The molecule has 0 aliphatic heterocycles. The zero-order valence-electron chi connectivity index (χ0n) is 8.30. The highest BCUT2D eigenvalue weighted by Gasteiger charge is 2.06. The third-order valence-electron chi connectivity index (χ3n) is 2.08. The van der Waals surface area contributed by atoms with E-state index in [1.165, 1.54) is 0 Å². The third-order valence-corrected chi connectivity index (χ3v) is 2.08. The molecule has 0 atom stereocenters. The molecule has 0 amide bonds. The standard InChI is InChI=1S/C11H11NO3/c1-14-9-4-2-3-8(5-9)11-6-10(7-13)15-12-11/h2-6,13H,7H2,1H3. The van der Waals surface area contributed by atoms with Gasteiger partial charge < -0.3 is 14.4 Å². The van der Waals surface area contributed by atoms with Crippen molar-refractivity contribution in [1.29, 1.82) is 0 Å². The Morgan fingerprint density at radius 1 is 1.40 bits per heavy atom. The maximum Gasteiger partial charge on any atom is 0.162 e. The van der Waals surface area contributed by atoms with Crippen molar-refractivity contribution in [1.82, 2.24) is 5.16 Å². The normalized spacial score (nSPS) is 10.3. The van der Waals surface area contributed by atoms with Gasteiger partial charge in [0.1, 0.15) is 18.1 Å². The summed E-state index contributed by atoms with van der Waals surface area (Å²) in [5.41, 5.74) is 1.59. The monoisotopic (exact) mass is 205 g/mol. The number of aromatic nitrogens is 1. The molecule has 0 aliphatic rings. The van der Waals surface area contributed by atoms with E-state index in [1.54, 1.807) is 13.2 Å². The first-order chi connectivity index (χ1) is 7.33. The Morgan fingerprint density at radius 3 is 2.93 bits per heavy atom. The van der Waals surface area contributed by atoms with Gasteiger partial charge in [0.05, 0.1) is 7.11 Å². The highest BCUT2D eigenvalue weighted by Crippen LogP contribution is 2.23. The lowest BCUT2D eigenvalue weighted by Crippen LogP contribution is -1.83. The predicted octanol–water partition coefficient (Wildman–Crippen LogP) is 1.84. The number of aliphatic hydroxyl groups is 1. The molecule has 1 N–H and O–H groups in total. The number of hydrogen-bond acceptors (Lipinski definition) is 4. The minimum absolute atomic E-state index is 0.142. The molecule has 0 fully saturated rings. The van der Waals surface area contributed by atoms with Crippen LogP contribution in [0.5, 0.6) is 5.75 Å². The van der Waals surface area contributed by atoms with Crippen LogP contribution < -0.4 is 4.74 Å². The molecular formula is C11H11NO3. The van der Waals surface area contributed by atoms with Crippen LogP contribution in [0.1, 0.15) is 5.76 Å². The van der Waals surface area contributed by atoms with E-state index in [9.17, 15) is 0 Å². The largest absolute Gasteiger partial charge is 0.497 e. The molecule has 78 valence electrons. The van der Waals surface area contributed by atoms with Gasteiger partial charge in [0.25, 0.3) is 0 Å². The third kappa shape index (κ3) is 1.99. The van der Waals surface area contributed by atoms with E-state index in [-0.39, 0.29) is 6.61 Å². The van der Waals surface area contributed by atoms with Gasteiger partial charge in [-0.1, -0.05) is 17.3 Å². The van der Waals surface area contributed by atoms with Crippen molar-refractivity contribution in [2.45, 2.75) is 6.61 Å². The minimum atomic E-state index is -0.142. The molecular weight excluding hydrogens is 194 g/mol. The summed E-state index contributed by atoms with van der Waals surface area (Å²) in [6.07, 6.45) is 0. The molecule has 0 unspecified atom stereocenters. The Balaban J connectivity index is 2.35. The first-order valence-corrected chi connectivity index (χ1v) is 4.54. The average molecular weight is 205 g/mol. The second-order valence-electron chi connectivity index (χ2n) is 3.07. The topological polar surface area (TPSA) is 55.5 Å². The summed E-state index contributed by atoms with van der Waals surface area (Å²) in [6.45, 7) is -0.142. The molecule has 2 rings (SSSR count). The molecule has 1 aromatic heterocycles. The number of rotatable bonds is 3. The minimum Gasteiger partial charge on any atom is -0.497 e. The summed E-state index contributed by atoms with van der Waals surface area (Å²) in [4.78, 5) is 0. The van der Waals surface area contributed by atoms with Gasteiger partial charge >= 0.3 is 0 Å². The van der Waals surface area contributed by atoms with Crippen molar-refractivity contribution >= 4 is 0 Å². The number of aliphatic hydroxyl groups excluding tert-OH is 1. The highest BCUT2D eigenvalue weighted by molar-refractivity contribution is 5.60. The lowest BCUT2D eigenvalue weighted by atomic mass is 10.1. The van der Waals surface area contributed by atoms with Crippen molar-refractivity contribution in [2.24, 2.45) is 0 Å². The van der Waals surface area contributed by atoms with E-state index in [0.29, 0.717) is 11.5 Å². The summed E-state index contributed by atoms with van der Waals surface area (Å²) in [6, 6.07) is 9.20. The molecule has 4 nitrogen and oxygen atoms in total. The number of ether oxygens (including phenoxy) is 1. The van der Waals surface area contributed by atoms with Crippen LogP contribution in [0.15, 0.2) is 34.9 Å². The predicted molar refractivity (Wildman–Crippen MR) is 54.4 cm³/mol. The van der Waals surface area contributed by atoms with E-state index in [1.807, 2.05) is 24.3 Å². The van der Waals surface area contributed by atoms with Crippen LogP contribution in [0.4, 0.5) is 0 Å². The summed E-state index contributed by atoms with van der Waals surface area (Å²) >= 11 is 0. The van der Waals surface area contributed by atoms with E-state index in [0.717, 1.165) is 11.3 Å². The Morgan fingerprint density at radius 2 is 2.27 bits per heavy atom. The summed E-state index contributed by atoms with van der Waals surface area (Å²) in [7, 11) is 1.61. The molecule has 0 bridgehead atoms. The molecule has 4 heteroatoms. The van der Waals surface area contributed by atoms with Crippen LogP contribution in [-0.4, -0.2) is 17.4 Å². The SMILES string of the molecule is COc1cccc(-c2cc(CO)on2)c1. The number of nitrogens with zero attached hydrogens (tertiary/aromatic N) is 1. The number of methoxy groups -OCH3 is 1. The van der Waals surface area contributed by atoms with Crippen LogP contribution in [0, 0.1) is 0 Å². The van der Waals surface area contributed by atoms with Gasteiger partial charge in [0, 0.05) is 11.6 Å². The smallest absolute Gasteiger partial charge is 0.162 e. The van der Waals surface area contributed by atoms with E-state index in [2.05, 4.69) is 5.16 Å². The van der Waals surface area contributed by atoms with Crippen molar-refractivity contribution in [3.63, 3.8) is 0 Å². The van der Waals surface area contributed by atoms with Crippen LogP contribution in [-0.2, 0) is 6.61 Å². The zero-order valence-corrected chi connectivity index (χ0v) is 8.30. The fourth-order valence-electron chi connectivity index (χ4n) is 1.31. The van der Waals surface area contributed by atoms with Crippen LogP contribution >= 0.6 is 0 Å². The Hall–Kier alpha value is -1.81. The molecule has 0 saturated heterocycles. The molecule has 0 aliphatic carbocycles. The van der Waals surface area contributed by atoms with Crippen LogP contribution in [0.2, 0.25) is 0 Å². The maximum atomic E-state index is 8.84. The van der Waals surface area contributed by atoms with Gasteiger partial charge in [-0.3, -0.25) is 0 Å². The molecule has 2 aromatic rings. The zero-order chi connectivity index (χ0) is 10.7. The van der Waals surface area contributed by atoms with Crippen molar-refractivity contribution < 1.29 is 14.4 Å². The molecule has 1 aromatic carbocycles. The molecule has 1 heterocycles. The summed E-state index contributed by atoms with van der Waals surface area (Å²) < 4.78 is 10.0. The van der Waals surface area contributed by atoms with E-state index in [4.69, 9.17) is 14.4 Å². The Labute approximate surface area is 87.1 Å². The van der Waals surface area contributed by atoms with Gasteiger partial charge in [0.2, 0.25) is 0 Å². The van der Waals surface area contributed by atoms with Crippen LogP contribution in [0.25, 0.3) is 11.3 Å². The molecule has 15 heavy (non-hydrogen) atoms. The summed E-state index contributed by atoms with van der Waals surface area (Å²) in [5.74, 6) is 1.22. The van der Waals surface area contributed by atoms with E-state index < -0.39 is 0 Å². The molecule has 0 saturated carbocycles. The van der Waals surface area contributed by atoms with Gasteiger partial charge in [-0.15, -0.1) is 0 Å². The van der Waals surface area contributed by atoms with Crippen molar-refractivity contribution in [2.75, 3.05) is 7.11 Å².